The van der Waals surface area contributed by atoms with Crippen LogP contribution in [0.4, 0.5) is 10.5 Å². The van der Waals surface area contributed by atoms with E-state index in [0.29, 0.717) is 12.1 Å². The number of ether oxygens (including phenoxy) is 1. The number of carbonyl (C=O) groups excluding carboxylic acids is 2. The van der Waals surface area contributed by atoms with E-state index < -0.39 is 19.1 Å². The van der Waals surface area contributed by atoms with Crippen molar-refractivity contribution in [2.75, 3.05) is 13.2 Å². The van der Waals surface area contributed by atoms with Gasteiger partial charge in [-0.05, 0) is 6.04 Å². The van der Waals surface area contributed by atoms with Crippen molar-refractivity contribution in [2.45, 2.75) is 38.7 Å². The summed E-state index contributed by atoms with van der Waals surface area (Å²) >= 11 is 0. The van der Waals surface area contributed by atoms with Crippen molar-refractivity contribution < 1.29 is 19.2 Å². The van der Waals surface area contributed by atoms with Crippen molar-refractivity contribution in [3.8, 4) is 0 Å². The molecule has 1 heterocycles. The zero-order valence-corrected chi connectivity index (χ0v) is 15.7. The van der Waals surface area contributed by atoms with Crippen LogP contribution in [-0.4, -0.2) is 48.2 Å². The van der Waals surface area contributed by atoms with Crippen molar-refractivity contribution in [3.05, 3.63) is 39.9 Å². The SMILES string of the molecule is C[Si](C)(C)CCOC(=O)N1C(=O)CCN1Cc1ccccc1[N+](=O)[O-]. The summed E-state index contributed by atoms with van der Waals surface area (Å²) < 4.78 is 5.24. The summed E-state index contributed by atoms with van der Waals surface area (Å²) in [6.45, 7) is 7.21. The second kappa shape index (κ2) is 7.75. The van der Waals surface area contributed by atoms with E-state index >= 15 is 0 Å². The average molecular weight is 365 g/mol. The van der Waals surface area contributed by atoms with Crippen LogP contribution >= 0.6 is 0 Å². The lowest BCUT2D eigenvalue weighted by molar-refractivity contribution is -0.385. The number of hydrogen-bond donors (Lipinski definition) is 0. The molecule has 25 heavy (non-hydrogen) atoms. The lowest BCUT2D eigenvalue weighted by Gasteiger charge is -2.25. The molecular formula is C16H23N3O5Si. The average Bonchev–Trinajstić information content (AvgIpc) is 2.87. The fourth-order valence-corrected chi connectivity index (χ4v) is 3.19. The smallest absolute Gasteiger partial charge is 0.431 e. The minimum Gasteiger partial charge on any atom is -0.448 e. The van der Waals surface area contributed by atoms with Crippen molar-refractivity contribution in [1.82, 2.24) is 10.0 Å². The summed E-state index contributed by atoms with van der Waals surface area (Å²) in [7, 11) is -1.35. The fraction of sp³-hybridized carbons (Fsp3) is 0.500. The summed E-state index contributed by atoms with van der Waals surface area (Å²) in [5.74, 6) is -0.350. The highest BCUT2D eigenvalue weighted by atomic mass is 28.3. The van der Waals surface area contributed by atoms with Crippen LogP contribution in [0.15, 0.2) is 24.3 Å². The highest BCUT2D eigenvalue weighted by Crippen LogP contribution is 2.23. The van der Waals surface area contributed by atoms with E-state index in [9.17, 15) is 19.7 Å². The Morgan fingerprint density at radius 1 is 1.32 bits per heavy atom. The Labute approximate surface area is 147 Å². The molecule has 1 aliphatic heterocycles. The molecule has 8 nitrogen and oxygen atoms in total. The van der Waals surface area contributed by atoms with Crippen LogP contribution < -0.4 is 0 Å². The monoisotopic (exact) mass is 365 g/mol. The minimum absolute atomic E-state index is 0.0334. The molecule has 1 fully saturated rings. The maximum absolute atomic E-state index is 12.3. The number of nitro groups is 1. The van der Waals surface area contributed by atoms with Crippen LogP contribution in [0.25, 0.3) is 0 Å². The third kappa shape index (κ3) is 5.10. The molecule has 0 spiro atoms. The molecule has 9 heteroatoms. The topological polar surface area (TPSA) is 93.0 Å². The Kier molecular flexibility index (Phi) is 5.91. The normalized spacial score (nSPS) is 15.5. The lowest BCUT2D eigenvalue weighted by atomic mass is 10.2. The molecule has 0 saturated carbocycles. The van der Waals surface area contributed by atoms with Crippen LogP contribution in [0, 0.1) is 10.1 Å². The van der Waals surface area contributed by atoms with Gasteiger partial charge in [-0.15, -0.1) is 0 Å². The van der Waals surface area contributed by atoms with Gasteiger partial charge < -0.3 is 4.74 Å². The van der Waals surface area contributed by atoms with Gasteiger partial charge in [0.05, 0.1) is 18.1 Å². The summed E-state index contributed by atoms with van der Waals surface area (Å²) in [5, 5.41) is 13.6. The highest BCUT2D eigenvalue weighted by molar-refractivity contribution is 6.76. The fourth-order valence-electron chi connectivity index (χ4n) is 2.48. The largest absolute Gasteiger partial charge is 0.448 e. The number of benzene rings is 1. The Hall–Kier alpha value is -2.26. The first-order valence-electron chi connectivity index (χ1n) is 8.16. The number of para-hydroxylation sites is 1. The molecule has 136 valence electrons. The number of carbonyl (C=O) groups is 2. The molecular weight excluding hydrogens is 342 g/mol. The molecule has 0 N–H and O–H groups in total. The molecule has 0 radical (unpaired) electrons. The predicted octanol–water partition coefficient (Wildman–Crippen LogP) is 3.02. The first-order chi connectivity index (χ1) is 11.7. The van der Waals surface area contributed by atoms with Crippen LogP contribution in [-0.2, 0) is 16.1 Å². The van der Waals surface area contributed by atoms with Crippen LogP contribution in [0.5, 0.6) is 0 Å². The van der Waals surface area contributed by atoms with Gasteiger partial charge in [0.25, 0.3) is 5.69 Å². The van der Waals surface area contributed by atoms with Gasteiger partial charge in [0.1, 0.15) is 0 Å². The molecule has 1 aromatic rings. The molecule has 0 bridgehead atoms. The van der Waals surface area contributed by atoms with Crippen molar-refractivity contribution in [2.24, 2.45) is 0 Å². The number of hydrogen-bond acceptors (Lipinski definition) is 6. The first kappa shape index (κ1) is 19.1. The van der Waals surface area contributed by atoms with E-state index in [4.69, 9.17) is 4.74 Å². The Morgan fingerprint density at radius 3 is 2.64 bits per heavy atom. The summed E-state index contributed by atoms with van der Waals surface area (Å²) in [5.41, 5.74) is 0.413. The van der Waals surface area contributed by atoms with Gasteiger partial charge >= 0.3 is 6.09 Å². The number of hydrazine groups is 1. The molecule has 0 atom stereocenters. The zero-order chi connectivity index (χ0) is 18.6. The predicted molar refractivity (Wildman–Crippen MR) is 94.5 cm³/mol. The molecule has 1 aromatic carbocycles. The second-order valence-electron chi connectivity index (χ2n) is 7.15. The summed E-state index contributed by atoms with van der Waals surface area (Å²) in [6.07, 6.45) is -0.525. The van der Waals surface area contributed by atoms with Gasteiger partial charge in [0.2, 0.25) is 5.91 Å². The Bertz CT molecular complexity index is 674. The standard InChI is InChI=1S/C16H23N3O5Si/c1-25(2,3)11-10-24-16(21)18-15(20)8-9-17(18)12-13-6-4-5-7-14(13)19(22)23/h4-7H,8-12H2,1-3H3. The molecule has 0 aliphatic carbocycles. The second-order valence-corrected chi connectivity index (χ2v) is 12.8. The van der Waals surface area contributed by atoms with Gasteiger partial charge in [0.15, 0.2) is 0 Å². The summed E-state index contributed by atoms with van der Waals surface area (Å²) in [6, 6.07) is 7.11. The van der Waals surface area contributed by atoms with Crippen molar-refractivity contribution >= 4 is 25.8 Å². The number of rotatable bonds is 6. The number of amides is 2. The third-order valence-electron chi connectivity index (χ3n) is 3.89. The maximum Gasteiger partial charge on any atom is 0.431 e. The number of nitro benzene ring substituents is 1. The zero-order valence-electron chi connectivity index (χ0n) is 14.7. The van der Waals surface area contributed by atoms with Crippen LogP contribution in [0.2, 0.25) is 25.7 Å². The molecule has 2 amide bonds. The molecule has 2 rings (SSSR count). The van der Waals surface area contributed by atoms with Crippen molar-refractivity contribution in [3.63, 3.8) is 0 Å². The maximum atomic E-state index is 12.3. The molecule has 1 aliphatic rings. The molecule has 0 unspecified atom stereocenters. The lowest BCUT2D eigenvalue weighted by Crippen LogP contribution is -2.43. The van der Waals surface area contributed by atoms with Gasteiger partial charge in [0, 0.05) is 32.7 Å². The van der Waals surface area contributed by atoms with E-state index in [0.717, 1.165) is 11.1 Å². The van der Waals surface area contributed by atoms with Crippen LogP contribution in [0.3, 0.4) is 0 Å². The van der Waals surface area contributed by atoms with E-state index in [1.807, 2.05) is 0 Å². The molecule has 1 saturated heterocycles. The molecule has 0 aromatic heterocycles. The van der Waals surface area contributed by atoms with Gasteiger partial charge in [-0.25, -0.2) is 9.80 Å². The quantitative estimate of drug-likeness (QED) is 0.437. The van der Waals surface area contributed by atoms with E-state index in [2.05, 4.69) is 19.6 Å². The number of nitrogens with zero attached hydrogens (tertiary/aromatic N) is 3. The number of imide groups is 1. The van der Waals surface area contributed by atoms with Crippen LogP contribution in [0.1, 0.15) is 12.0 Å². The van der Waals surface area contributed by atoms with Gasteiger partial charge in [-0.1, -0.05) is 37.8 Å². The van der Waals surface area contributed by atoms with E-state index in [1.165, 1.54) is 11.1 Å². The van der Waals surface area contributed by atoms with E-state index in [1.54, 1.807) is 18.2 Å². The Balaban J connectivity index is 2.06. The summed E-state index contributed by atoms with van der Waals surface area (Å²) in [4.78, 5) is 35.0. The third-order valence-corrected chi connectivity index (χ3v) is 5.60. The first-order valence-corrected chi connectivity index (χ1v) is 11.9. The highest BCUT2D eigenvalue weighted by Gasteiger charge is 2.36. The van der Waals surface area contributed by atoms with Gasteiger partial charge in [-0.3, -0.25) is 14.9 Å². The van der Waals surface area contributed by atoms with Gasteiger partial charge in [-0.2, -0.15) is 5.01 Å². The van der Waals surface area contributed by atoms with E-state index in [-0.39, 0.29) is 31.2 Å². The van der Waals surface area contributed by atoms with Crippen molar-refractivity contribution in [1.29, 1.82) is 0 Å². The Morgan fingerprint density at radius 2 is 2.00 bits per heavy atom. The minimum atomic E-state index is -1.35.